The molecule has 1 aliphatic rings. The average molecular weight is 290 g/mol. The maximum absolute atomic E-state index is 12.1. The third-order valence-corrected chi connectivity index (χ3v) is 3.63. The highest BCUT2D eigenvalue weighted by molar-refractivity contribution is 6.05. The van der Waals surface area contributed by atoms with Gasteiger partial charge in [-0.05, 0) is 55.3 Å². The van der Waals surface area contributed by atoms with Crippen molar-refractivity contribution in [2.24, 2.45) is 5.92 Å². The second kappa shape index (κ2) is 5.82. The van der Waals surface area contributed by atoms with E-state index < -0.39 is 0 Å². The first-order valence-electron chi connectivity index (χ1n) is 7.13. The maximum Gasteiger partial charge on any atom is 0.255 e. The molecule has 0 spiro atoms. The van der Waals surface area contributed by atoms with Gasteiger partial charge in [0.15, 0.2) is 5.78 Å². The highest BCUT2D eigenvalue weighted by Crippen LogP contribution is 2.32. The Morgan fingerprint density at radius 1 is 1.05 bits per heavy atom. The summed E-state index contributed by atoms with van der Waals surface area (Å²) in [5.41, 5.74) is 2.18. The molecule has 1 N–H and O–H groups in total. The average Bonchev–Trinajstić information content (AvgIpc) is 3.40. The van der Waals surface area contributed by atoms with Crippen LogP contribution in [0.25, 0.3) is 0 Å². The molecule has 0 aromatic heterocycles. The zero-order valence-electron chi connectivity index (χ0n) is 11.9. The molecule has 0 unspecified atom stereocenters. The molecule has 2 aromatic carbocycles. The number of rotatable bonds is 4. The van der Waals surface area contributed by atoms with Crippen LogP contribution in [0.2, 0.25) is 0 Å². The van der Waals surface area contributed by atoms with E-state index in [1.54, 1.807) is 48.5 Å². The second-order valence-electron chi connectivity index (χ2n) is 5.36. The number of carbonyl (C=O) groups is 2. The third kappa shape index (κ3) is 3.04. The Balaban J connectivity index is 1.71. The Bertz CT molecular complexity index is 768. The molecule has 0 atom stereocenters. The van der Waals surface area contributed by atoms with Gasteiger partial charge in [0.05, 0.1) is 11.6 Å². The summed E-state index contributed by atoms with van der Waals surface area (Å²) >= 11 is 0. The molecule has 4 nitrogen and oxygen atoms in total. The van der Waals surface area contributed by atoms with Gasteiger partial charge >= 0.3 is 0 Å². The normalized spacial score (nSPS) is 13.2. The van der Waals surface area contributed by atoms with Crippen LogP contribution < -0.4 is 5.32 Å². The summed E-state index contributed by atoms with van der Waals surface area (Å²) in [6, 6.07) is 15.4. The minimum absolute atomic E-state index is 0.180. The van der Waals surface area contributed by atoms with Crippen LogP contribution in [0.15, 0.2) is 48.5 Å². The summed E-state index contributed by atoms with van der Waals surface area (Å²) in [5, 5.41) is 11.6. The Morgan fingerprint density at radius 3 is 2.41 bits per heavy atom. The molecule has 0 saturated heterocycles. The quantitative estimate of drug-likeness (QED) is 0.877. The number of anilines is 1. The predicted molar refractivity (Wildman–Crippen MR) is 82.6 cm³/mol. The number of benzene rings is 2. The van der Waals surface area contributed by atoms with Gasteiger partial charge in [0.1, 0.15) is 0 Å². The molecule has 1 saturated carbocycles. The Hall–Kier alpha value is -2.93. The smallest absolute Gasteiger partial charge is 0.255 e. The number of hydrogen-bond donors (Lipinski definition) is 1. The number of nitriles is 1. The molecular weight excluding hydrogens is 276 g/mol. The number of amides is 1. The van der Waals surface area contributed by atoms with Gasteiger partial charge in [-0.3, -0.25) is 9.59 Å². The summed E-state index contributed by atoms with van der Waals surface area (Å²) in [5.74, 6) is 0.0899. The van der Waals surface area contributed by atoms with Crippen molar-refractivity contribution in [3.8, 4) is 6.07 Å². The number of carbonyl (C=O) groups excluding carboxylic acids is 2. The van der Waals surface area contributed by atoms with Crippen molar-refractivity contribution in [3.05, 3.63) is 65.2 Å². The Labute approximate surface area is 128 Å². The van der Waals surface area contributed by atoms with E-state index in [9.17, 15) is 9.59 Å². The SMILES string of the molecule is N#Cc1cccc(C(=O)Nc2ccc(C(=O)C3CC3)cc2)c1. The van der Waals surface area contributed by atoms with Crippen LogP contribution in [0.5, 0.6) is 0 Å². The number of hydrogen-bond acceptors (Lipinski definition) is 3. The van der Waals surface area contributed by atoms with E-state index in [0.717, 1.165) is 12.8 Å². The van der Waals surface area contributed by atoms with Crippen LogP contribution in [0.3, 0.4) is 0 Å². The number of ketones is 1. The molecule has 2 aromatic rings. The molecule has 4 heteroatoms. The van der Waals surface area contributed by atoms with E-state index in [1.165, 1.54) is 0 Å². The van der Waals surface area contributed by atoms with Crippen LogP contribution >= 0.6 is 0 Å². The standard InChI is InChI=1S/C18H14N2O2/c19-11-12-2-1-3-15(10-12)18(22)20-16-8-6-14(7-9-16)17(21)13-4-5-13/h1-3,6-10,13H,4-5H2,(H,20,22). The topological polar surface area (TPSA) is 70.0 Å². The summed E-state index contributed by atoms with van der Waals surface area (Å²) in [7, 11) is 0. The lowest BCUT2D eigenvalue weighted by Gasteiger charge is -2.06. The maximum atomic E-state index is 12.1. The molecule has 22 heavy (non-hydrogen) atoms. The van der Waals surface area contributed by atoms with Gasteiger partial charge in [-0.1, -0.05) is 6.07 Å². The Kier molecular flexibility index (Phi) is 3.71. The van der Waals surface area contributed by atoms with Gasteiger partial charge in [-0.25, -0.2) is 0 Å². The fourth-order valence-electron chi connectivity index (χ4n) is 2.23. The monoisotopic (exact) mass is 290 g/mol. The largest absolute Gasteiger partial charge is 0.322 e. The lowest BCUT2D eigenvalue weighted by atomic mass is 10.1. The first-order valence-corrected chi connectivity index (χ1v) is 7.13. The molecule has 0 heterocycles. The van der Waals surface area contributed by atoms with Gasteiger partial charge in [-0.15, -0.1) is 0 Å². The second-order valence-corrected chi connectivity index (χ2v) is 5.36. The molecular formula is C18H14N2O2. The third-order valence-electron chi connectivity index (χ3n) is 3.63. The summed E-state index contributed by atoms with van der Waals surface area (Å²) < 4.78 is 0. The molecule has 1 aliphatic carbocycles. The van der Waals surface area contributed by atoms with E-state index in [4.69, 9.17) is 5.26 Å². The van der Waals surface area contributed by atoms with Crippen LogP contribution in [-0.2, 0) is 0 Å². The van der Waals surface area contributed by atoms with Gasteiger partial charge in [0.25, 0.3) is 5.91 Å². The van der Waals surface area contributed by atoms with E-state index in [0.29, 0.717) is 22.4 Å². The molecule has 0 bridgehead atoms. The van der Waals surface area contributed by atoms with Crippen LogP contribution in [0, 0.1) is 17.2 Å². The van der Waals surface area contributed by atoms with E-state index >= 15 is 0 Å². The number of nitrogens with one attached hydrogen (secondary N) is 1. The van der Waals surface area contributed by atoms with Crippen molar-refractivity contribution in [1.82, 2.24) is 0 Å². The van der Waals surface area contributed by atoms with Gasteiger partial charge in [-0.2, -0.15) is 5.26 Å². The van der Waals surface area contributed by atoms with Gasteiger partial charge in [0.2, 0.25) is 0 Å². The van der Waals surface area contributed by atoms with Crippen LogP contribution in [0.4, 0.5) is 5.69 Å². The fraction of sp³-hybridized carbons (Fsp3) is 0.167. The summed E-state index contributed by atoms with van der Waals surface area (Å²) in [6.07, 6.45) is 1.96. The summed E-state index contributed by atoms with van der Waals surface area (Å²) in [6.45, 7) is 0. The molecule has 108 valence electrons. The van der Waals surface area contributed by atoms with E-state index in [-0.39, 0.29) is 17.6 Å². The van der Waals surface area contributed by atoms with Crippen molar-refractivity contribution < 1.29 is 9.59 Å². The summed E-state index contributed by atoms with van der Waals surface area (Å²) in [4.78, 5) is 24.0. The van der Waals surface area contributed by atoms with Gasteiger partial charge in [0, 0.05) is 22.7 Å². The predicted octanol–water partition coefficient (Wildman–Crippen LogP) is 3.40. The zero-order chi connectivity index (χ0) is 15.5. The molecule has 1 amide bonds. The first kappa shape index (κ1) is 14.0. The van der Waals surface area contributed by atoms with E-state index in [2.05, 4.69) is 5.32 Å². The van der Waals surface area contributed by atoms with Crippen LogP contribution in [0.1, 0.15) is 39.1 Å². The molecule has 0 aliphatic heterocycles. The minimum atomic E-state index is -0.279. The van der Waals surface area contributed by atoms with Crippen molar-refractivity contribution in [1.29, 1.82) is 5.26 Å². The zero-order valence-corrected chi connectivity index (χ0v) is 11.9. The Morgan fingerprint density at radius 2 is 1.77 bits per heavy atom. The van der Waals surface area contributed by atoms with Crippen molar-refractivity contribution in [3.63, 3.8) is 0 Å². The highest BCUT2D eigenvalue weighted by Gasteiger charge is 2.30. The van der Waals surface area contributed by atoms with E-state index in [1.807, 2.05) is 6.07 Å². The first-order chi connectivity index (χ1) is 10.7. The highest BCUT2D eigenvalue weighted by atomic mass is 16.1. The van der Waals surface area contributed by atoms with Crippen molar-refractivity contribution in [2.45, 2.75) is 12.8 Å². The van der Waals surface area contributed by atoms with Crippen molar-refractivity contribution in [2.75, 3.05) is 5.32 Å². The van der Waals surface area contributed by atoms with Crippen LogP contribution in [-0.4, -0.2) is 11.7 Å². The molecule has 0 radical (unpaired) electrons. The lowest BCUT2D eigenvalue weighted by molar-refractivity contribution is 0.0967. The number of Topliss-reactive ketones (excluding diaryl/α,β-unsaturated/α-hetero) is 1. The molecule has 1 fully saturated rings. The molecule has 3 rings (SSSR count). The number of nitrogens with zero attached hydrogens (tertiary/aromatic N) is 1. The minimum Gasteiger partial charge on any atom is -0.322 e. The van der Waals surface area contributed by atoms with Gasteiger partial charge < -0.3 is 5.32 Å². The lowest BCUT2D eigenvalue weighted by Crippen LogP contribution is -2.12. The fourth-order valence-corrected chi connectivity index (χ4v) is 2.23. The van der Waals surface area contributed by atoms with Crippen molar-refractivity contribution >= 4 is 17.4 Å².